The third-order valence-electron chi connectivity index (χ3n) is 3.18. The largest absolute Gasteiger partial charge is 0.495 e. The number of aryl methyl sites for hydroxylation is 1. The average molecular weight is 417 g/mol. The number of nitrogens with zero attached hydrogens (tertiary/aromatic N) is 2. The Kier molecular flexibility index (Phi) is 6.73. The Balaban J connectivity index is 1.73. The molecule has 0 saturated carbocycles. The molecule has 2 rings (SSSR count). The van der Waals surface area contributed by atoms with Crippen molar-refractivity contribution in [3.8, 4) is 5.75 Å². The summed E-state index contributed by atoms with van der Waals surface area (Å²) in [4.78, 5) is 4.04. The molecule has 0 amide bonds. The number of unbranched alkanes of at least 4 members (excludes halogenated alkanes) is 1. The summed E-state index contributed by atoms with van der Waals surface area (Å²) in [6.45, 7) is 2.81. The lowest BCUT2D eigenvalue weighted by Gasteiger charge is -2.12. The van der Waals surface area contributed by atoms with Gasteiger partial charge in [0.05, 0.1) is 17.9 Å². The quantitative estimate of drug-likeness (QED) is 0.661. The molecule has 1 aromatic carbocycles. The molecule has 114 valence electrons. The molecule has 0 bridgehead atoms. The number of benzene rings is 1. The summed E-state index contributed by atoms with van der Waals surface area (Å²) in [6.07, 6.45) is 7.95. The Morgan fingerprint density at radius 1 is 1.29 bits per heavy atom. The molecule has 0 unspecified atom stereocenters. The van der Waals surface area contributed by atoms with Crippen LogP contribution in [-0.4, -0.2) is 23.2 Å². The van der Waals surface area contributed by atoms with Crippen LogP contribution in [0.3, 0.4) is 0 Å². The van der Waals surface area contributed by atoms with Gasteiger partial charge in [-0.3, -0.25) is 0 Å². The number of hydrogen-bond donors (Lipinski definition) is 1. The number of nitrogens with one attached hydrogen (secondary N) is 1. The van der Waals surface area contributed by atoms with Crippen LogP contribution in [0.15, 0.2) is 39.8 Å². The van der Waals surface area contributed by atoms with Crippen LogP contribution in [0.4, 0.5) is 0 Å². The minimum Gasteiger partial charge on any atom is -0.495 e. The first-order valence-electron chi connectivity index (χ1n) is 6.89. The molecule has 1 N–H and O–H groups in total. The number of imidazole rings is 1. The summed E-state index contributed by atoms with van der Waals surface area (Å²) >= 11 is 7.03. The van der Waals surface area contributed by atoms with Gasteiger partial charge in [0.15, 0.2) is 0 Å². The summed E-state index contributed by atoms with van der Waals surface area (Å²) in [5.41, 5.74) is 1.15. The molecular formula is C15H19Br2N3O. The van der Waals surface area contributed by atoms with E-state index in [2.05, 4.69) is 52.8 Å². The molecule has 0 aliphatic heterocycles. The molecular weight excluding hydrogens is 398 g/mol. The first-order valence-corrected chi connectivity index (χ1v) is 8.47. The maximum atomic E-state index is 5.44. The molecule has 0 spiro atoms. The van der Waals surface area contributed by atoms with Crippen molar-refractivity contribution in [1.82, 2.24) is 14.9 Å². The monoisotopic (exact) mass is 415 g/mol. The van der Waals surface area contributed by atoms with E-state index in [1.165, 1.54) is 0 Å². The fourth-order valence-electron chi connectivity index (χ4n) is 2.16. The predicted octanol–water partition coefficient (Wildman–Crippen LogP) is 3.99. The molecule has 0 saturated heterocycles. The number of rotatable bonds is 8. The lowest BCUT2D eigenvalue weighted by Crippen LogP contribution is -2.16. The van der Waals surface area contributed by atoms with E-state index in [1.807, 2.05) is 24.8 Å². The van der Waals surface area contributed by atoms with Crippen LogP contribution in [0, 0.1) is 0 Å². The van der Waals surface area contributed by atoms with E-state index in [0.717, 1.165) is 52.7 Å². The Morgan fingerprint density at radius 2 is 2.14 bits per heavy atom. The summed E-state index contributed by atoms with van der Waals surface area (Å²) in [5, 5.41) is 3.46. The zero-order valence-electron chi connectivity index (χ0n) is 12.0. The SMILES string of the molecule is COc1c(Br)cc(Br)cc1CNCCCCn1ccnc1. The van der Waals surface area contributed by atoms with Crippen LogP contribution in [0.1, 0.15) is 18.4 Å². The van der Waals surface area contributed by atoms with Crippen molar-refractivity contribution >= 4 is 31.9 Å². The maximum absolute atomic E-state index is 5.44. The van der Waals surface area contributed by atoms with Gasteiger partial charge >= 0.3 is 0 Å². The highest BCUT2D eigenvalue weighted by molar-refractivity contribution is 9.11. The van der Waals surface area contributed by atoms with Crippen molar-refractivity contribution in [2.45, 2.75) is 25.9 Å². The van der Waals surface area contributed by atoms with Gasteiger partial charge in [-0.15, -0.1) is 0 Å². The second-order valence-electron chi connectivity index (χ2n) is 4.76. The highest BCUT2D eigenvalue weighted by atomic mass is 79.9. The Bertz CT molecular complexity index is 558. The highest BCUT2D eigenvalue weighted by Gasteiger charge is 2.08. The summed E-state index contributed by atoms with van der Waals surface area (Å²) < 4.78 is 9.56. The van der Waals surface area contributed by atoms with E-state index >= 15 is 0 Å². The average Bonchev–Trinajstić information content (AvgIpc) is 2.95. The van der Waals surface area contributed by atoms with Crippen molar-refractivity contribution < 1.29 is 4.74 Å². The van der Waals surface area contributed by atoms with E-state index in [-0.39, 0.29) is 0 Å². The maximum Gasteiger partial charge on any atom is 0.137 e. The van der Waals surface area contributed by atoms with Crippen molar-refractivity contribution in [2.24, 2.45) is 0 Å². The lowest BCUT2D eigenvalue weighted by molar-refractivity contribution is 0.404. The van der Waals surface area contributed by atoms with E-state index < -0.39 is 0 Å². The molecule has 1 heterocycles. The zero-order valence-corrected chi connectivity index (χ0v) is 15.2. The van der Waals surface area contributed by atoms with Crippen molar-refractivity contribution in [1.29, 1.82) is 0 Å². The topological polar surface area (TPSA) is 39.1 Å². The molecule has 0 aliphatic rings. The van der Waals surface area contributed by atoms with Crippen LogP contribution in [-0.2, 0) is 13.1 Å². The van der Waals surface area contributed by atoms with E-state index in [1.54, 1.807) is 7.11 Å². The Morgan fingerprint density at radius 3 is 2.86 bits per heavy atom. The molecule has 0 atom stereocenters. The molecule has 0 fully saturated rings. The molecule has 21 heavy (non-hydrogen) atoms. The summed E-state index contributed by atoms with van der Waals surface area (Å²) in [6, 6.07) is 4.08. The molecule has 1 aromatic heterocycles. The fourth-order valence-corrected chi connectivity index (χ4v) is 3.64. The minimum absolute atomic E-state index is 0.798. The number of aromatic nitrogens is 2. The van der Waals surface area contributed by atoms with Crippen molar-refractivity contribution in [3.05, 3.63) is 45.4 Å². The van der Waals surface area contributed by atoms with Gasteiger partial charge < -0.3 is 14.6 Å². The normalized spacial score (nSPS) is 10.8. The zero-order chi connectivity index (χ0) is 15.1. The third kappa shape index (κ3) is 5.13. The number of hydrogen-bond acceptors (Lipinski definition) is 3. The van der Waals surface area contributed by atoms with Crippen LogP contribution < -0.4 is 10.1 Å². The molecule has 0 aliphatic carbocycles. The highest BCUT2D eigenvalue weighted by Crippen LogP contribution is 2.32. The molecule has 6 heteroatoms. The van der Waals surface area contributed by atoms with Crippen LogP contribution >= 0.6 is 31.9 Å². The van der Waals surface area contributed by atoms with Gasteiger partial charge in [0.2, 0.25) is 0 Å². The van der Waals surface area contributed by atoms with Crippen LogP contribution in [0.25, 0.3) is 0 Å². The Hall–Kier alpha value is -0.850. The fraction of sp³-hybridized carbons (Fsp3) is 0.400. The number of ether oxygens (including phenoxy) is 1. The molecule has 0 radical (unpaired) electrons. The summed E-state index contributed by atoms with van der Waals surface area (Å²) in [7, 11) is 1.70. The van der Waals surface area contributed by atoms with Gasteiger partial charge in [0.1, 0.15) is 5.75 Å². The first-order chi connectivity index (χ1) is 10.2. The van der Waals surface area contributed by atoms with Crippen molar-refractivity contribution in [3.63, 3.8) is 0 Å². The first kappa shape index (κ1) is 16.5. The van der Waals surface area contributed by atoms with E-state index in [0.29, 0.717) is 0 Å². The second-order valence-corrected chi connectivity index (χ2v) is 6.53. The van der Waals surface area contributed by atoms with E-state index in [4.69, 9.17) is 4.74 Å². The van der Waals surface area contributed by atoms with Gasteiger partial charge in [-0.05, 0) is 47.4 Å². The van der Waals surface area contributed by atoms with Crippen molar-refractivity contribution in [2.75, 3.05) is 13.7 Å². The second kappa shape index (κ2) is 8.56. The lowest BCUT2D eigenvalue weighted by atomic mass is 10.2. The number of methoxy groups -OCH3 is 1. The molecule has 4 nitrogen and oxygen atoms in total. The summed E-state index contributed by atoms with van der Waals surface area (Å²) in [5.74, 6) is 0.893. The van der Waals surface area contributed by atoms with Crippen LogP contribution in [0.2, 0.25) is 0 Å². The van der Waals surface area contributed by atoms with Crippen LogP contribution in [0.5, 0.6) is 5.75 Å². The van der Waals surface area contributed by atoms with Gasteiger partial charge in [-0.2, -0.15) is 0 Å². The van der Waals surface area contributed by atoms with E-state index in [9.17, 15) is 0 Å². The van der Waals surface area contributed by atoms with Gasteiger partial charge in [-0.1, -0.05) is 15.9 Å². The Labute approximate surface area is 142 Å². The smallest absolute Gasteiger partial charge is 0.137 e. The van der Waals surface area contributed by atoms with Gasteiger partial charge in [-0.25, -0.2) is 4.98 Å². The molecule has 2 aromatic rings. The number of halogens is 2. The van der Waals surface area contributed by atoms with Gasteiger partial charge in [0.25, 0.3) is 0 Å². The minimum atomic E-state index is 0.798. The predicted molar refractivity (Wildman–Crippen MR) is 91.6 cm³/mol. The standard InChI is InChI=1S/C15H19Br2N3O/c1-21-15-12(8-13(16)9-14(15)17)10-18-4-2-3-6-20-7-5-19-11-20/h5,7-9,11,18H,2-4,6,10H2,1H3. The van der Waals surface area contributed by atoms with Gasteiger partial charge in [0, 0.05) is 35.5 Å². The third-order valence-corrected chi connectivity index (χ3v) is 4.23.